The summed E-state index contributed by atoms with van der Waals surface area (Å²) in [7, 11) is 0. The zero-order valence-corrected chi connectivity index (χ0v) is 22.4. The fourth-order valence-corrected chi connectivity index (χ4v) is 6.54. The Hall–Kier alpha value is -4.03. The summed E-state index contributed by atoms with van der Waals surface area (Å²) in [6.45, 7) is 6.69. The van der Waals surface area contributed by atoms with Crippen molar-refractivity contribution in [3.63, 3.8) is 0 Å². The van der Waals surface area contributed by atoms with Crippen LogP contribution in [0.15, 0.2) is 36.5 Å². The quantitative estimate of drug-likeness (QED) is 0.274. The van der Waals surface area contributed by atoms with Gasteiger partial charge in [-0.05, 0) is 62.9 Å². The lowest BCUT2D eigenvalue weighted by Gasteiger charge is -2.30. The third-order valence-corrected chi connectivity index (χ3v) is 8.67. The number of rotatable bonds is 5. The Kier molecular flexibility index (Phi) is 5.45. The van der Waals surface area contributed by atoms with Crippen molar-refractivity contribution in [3.05, 3.63) is 47.9 Å². The molecule has 204 valence electrons. The number of pyridine rings is 1. The van der Waals surface area contributed by atoms with Crippen molar-refractivity contribution >= 4 is 27.5 Å². The van der Waals surface area contributed by atoms with Gasteiger partial charge in [0.1, 0.15) is 30.2 Å². The Morgan fingerprint density at radius 1 is 1.23 bits per heavy atom. The van der Waals surface area contributed by atoms with Gasteiger partial charge in [0.2, 0.25) is 0 Å². The lowest BCUT2D eigenvalue weighted by atomic mass is 9.95. The molecule has 7 rings (SSSR count). The number of halogens is 2. The molecule has 0 radical (unpaired) electrons. The van der Waals surface area contributed by atoms with Gasteiger partial charge < -0.3 is 14.7 Å². The summed E-state index contributed by atoms with van der Waals surface area (Å²) in [4.78, 5) is 18.5. The highest BCUT2D eigenvalue weighted by molar-refractivity contribution is 6.03. The van der Waals surface area contributed by atoms with Crippen LogP contribution in [-0.4, -0.2) is 68.4 Å². The van der Waals surface area contributed by atoms with Gasteiger partial charge in [-0.3, -0.25) is 4.90 Å². The number of hydrogen-bond acceptors (Lipinski definition) is 7. The molecule has 3 saturated heterocycles. The molecule has 3 aliphatic rings. The van der Waals surface area contributed by atoms with Crippen molar-refractivity contribution in [1.82, 2.24) is 19.9 Å². The summed E-state index contributed by atoms with van der Waals surface area (Å²) < 4.78 is 35.1. The number of hydrogen-bond donors (Lipinski definition) is 1. The first-order valence-corrected chi connectivity index (χ1v) is 13.6. The number of benzene rings is 2. The van der Waals surface area contributed by atoms with Crippen LogP contribution in [-0.2, 0) is 0 Å². The highest BCUT2D eigenvalue weighted by Gasteiger charge is 2.49. The minimum absolute atomic E-state index is 0.0161. The van der Waals surface area contributed by atoms with Gasteiger partial charge in [-0.25, -0.2) is 18.7 Å². The number of anilines is 1. The van der Waals surface area contributed by atoms with Crippen molar-refractivity contribution < 1.29 is 18.6 Å². The summed E-state index contributed by atoms with van der Waals surface area (Å²) in [6, 6.07) is 7.99. The first-order chi connectivity index (χ1) is 19.2. The largest absolute Gasteiger partial charge is 0.508 e. The van der Waals surface area contributed by atoms with E-state index < -0.39 is 12.0 Å². The Morgan fingerprint density at radius 2 is 2.05 bits per heavy atom. The third-order valence-electron chi connectivity index (χ3n) is 8.67. The third kappa shape index (κ3) is 3.93. The van der Waals surface area contributed by atoms with E-state index >= 15 is 0 Å². The predicted molar refractivity (Wildman–Crippen MR) is 150 cm³/mol. The molecule has 0 saturated carbocycles. The van der Waals surface area contributed by atoms with E-state index in [0.717, 1.165) is 31.3 Å². The van der Waals surface area contributed by atoms with Crippen LogP contribution in [0.25, 0.3) is 32.9 Å². The molecular formula is C31H29F2N5O2. The first kappa shape index (κ1) is 25.0. The number of fused-ring (bicyclic) bond motifs is 3. The number of phenols is 1. The molecule has 2 atom stereocenters. The monoisotopic (exact) mass is 541 g/mol. The van der Waals surface area contributed by atoms with Crippen LogP contribution in [0.2, 0.25) is 0 Å². The average molecular weight is 542 g/mol. The molecular weight excluding hydrogens is 512 g/mol. The maximum absolute atomic E-state index is 14.8. The molecule has 9 heteroatoms. The first-order valence-electron chi connectivity index (χ1n) is 13.6. The SMILES string of the molecule is C#Cc1c(F)ccc2cc(O)cc(-c3cc4nc(OC[C@@]56CCCN5C[C@H](F)C6)ncc4c(N4CC4(C)C)n3)c12. The minimum Gasteiger partial charge on any atom is -0.508 e. The van der Waals surface area contributed by atoms with Gasteiger partial charge in [-0.1, -0.05) is 12.0 Å². The predicted octanol–water partition coefficient (Wildman–Crippen LogP) is 5.22. The number of nitrogens with zero attached hydrogens (tertiary/aromatic N) is 5. The minimum atomic E-state index is -0.844. The highest BCUT2D eigenvalue weighted by Crippen LogP contribution is 2.43. The Bertz CT molecular complexity index is 1740. The molecule has 4 aromatic rings. The van der Waals surface area contributed by atoms with Crippen LogP contribution in [0.3, 0.4) is 0 Å². The van der Waals surface area contributed by atoms with E-state index in [1.54, 1.807) is 30.5 Å². The summed E-state index contributed by atoms with van der Waals surface area (Å²) in [6.07, 6.45) is 8.96. The number of alkyl halides is 1. The Morgan fingerprint density at radius 3 is 2.83 bits per heavy atom. The Labute approximate surface area is 230 Å². The molecule has 0 spiro atoms. The highest BCUT2D eigenvalue weighted by atomic mass is 19.1. The van der Waals surface area contributed by atoms with E-state index in [1.807, 2.05) is 0 Å². The molecule has 3 fully saturated rings. The second kappa shape index (κ2) is 8.73. The normalized spacial score (nSPS) is 23.5. The molecule has 2 aromatic carbocycles. The molecule has 5 heterocycles. The molecule has 40 heavy (non-hydrogen) atoms. The van der Waals surface area contributed by atoms with Gasteiger partial charge in [-0.15, -0.1) is 6.42 Å². The molecule has 3 aliphatic heterocycles. The fraction of sp³-hybridized carbons (Fsp3) is 0.387. The molecule has 1 N–H and O–H groups in total. The van der Waals surface area contributed by atoms with E-state index in [1.165, 1.54) is 6.07 Å². The molecule has 0 bridgehead atoms. The molecule has 0 amide bonds. The number of phenolic OH excluding ortho intramolecular Hbond substituents is 1. The Balaban J connectivity index is 1.35. The molecule has 0 aliphatic carbocycles. The average Bonchev–Trinajstić information content (AvgIpc) is 3.21. The van der Waals surface area contributed by atoms with Crippen LogP contribution < -0.4 is 9.64 Å². The second-order valence-electron chi connectivity index (χ2n) is 11.8. The van der Waals surface area contributed by atoms with Crippen LogP contribution in [0, 0.1) is 18.2 Å². The van der Waals surface area contributed by atoms with Crippen molar-refractivity contribution in [1.29, 1.82) is 0 Å². The van der Waals surface area contributed by atoms with Crippen molar-refractivity contribution in [2.45, 2.75) is 50.4 Å². The molecule has 2 aromatic heterocycles. The lowest BCUT2D eigenvalue weighted by molar-refractivity contribution is 0.107. The van der Waals surface area contributed by atoms with Gasteiger partial charge in [0, 0.05) is 36.7 Å². The van der Waals surface area contributed by atoms with Crippen molar-refractivity contribution in [2.75, 3.05) is 31.1 Å². The summed E-state index contributed by atoms with van der Waals surface area (Å²) >= 11 is 0. The van der Waals surface area contributed by atoms with E-state index in [4.69, 9.17) is 21.1 Å². The number of aromatic hydroxyl groups is 1. The van der Waals surface area contributed by atoms with Crippen LogP contribution in [0.1, 0.15) is 38.7 Å². The fourth-order valence-electron chi connectivity index (χ4n) is 6.54. The number of aromatic nitrogens is 3. The second-order valence-corrected chi connectivity index (χ2v) is 11.8. The van der Waals surface area contributed by atoms with E-state index in [9.17, 15) is 13.9 Å². The van der Waals surface area contributed by atoms with Gasteiger partial charge in [-0.2, -0.15) is 4.98 Å². The van der Waals surface area contributed by atoms with Crippen molar-refractivity contribution in [3.8, 4) is 35.4 Å². The van der Waals surface area contributed by atoms with Crippen molar-refractivity contribution in [2.24, 2.45) is 0 Å². The van der Waals surface area contributed by atoms with Crippen LogP contribution in [0.4, 0.5) is 14.6 Å². The van der Waals surface area contributed by atoms with Crippen LogP contribution >= 0.6 is 0 Å². The van der Waals surface area contributed by atoms with Gasteiger partial charge in [0.15, 0.2) is 0 Å². The van der Waals surface area contributed by atoms with Gasteiger partial charge in [0.05, 0.1) is 33.2 Å². The van der Waals surface area contributed by atoms with Crippen LogP contribution in [0.5, 0.6) is 11.8 Å². The standard InChI is InChI=1S/C31H29F2N5O2/c1-4-21-24(33)7-6-18-10-20(39)11-22(27(18)21)25-12-26-23(28(35-25)38-16-30(38,2)3)14-34-29(36-26)40-17-31-8-5-9-37(31)15-19(32)13-31/h1,6-7,10-12,14,19,39H,5,8-9,13,15-17H2,2-3H3/t19-,31+,38?/m1/s1. The number of ether oxygens (including phenoxy) is 1. The molecule has 0 unspecified atom stereocenters. The lowest BCUT2D eigenvalue weighted by Crippen LogP contribution is -2.43. The summed E-state index contributed by atoms with van der Waals surface area (Å²) in [5.74, 6) is 2.66. The van der Waals surface area contributed by atoms with E-state index in [0.29, 0.717) is 52.9 Å². The van der Waals surface area contributed by atoms with E-state index in [2.05, 4.69) is 34.6 Å². The van der Waals surface area contributed by atoms with Gasteiger partial charge >= 0.3 is 6.01 Å². The zero-order chi connectivity index (χ0) is 27.8. The smallest absolute Gasteiger partial charge is 0.316 e. The topological polar surface area (TPSA) is 74.4 Å². The molecule has 7 nitrogen and oxygen atoms in total. The maximum atomic E-state index is 14.8. The van der Waals surface area contributed by atoms with E-state index in [-0.39, 0.29) is 28.4 Å². The number of terminal acetylenes is 1. The maximum Gasteiger partial charge on any atom is 0.316 e. The van der Waals surface area contributed by atoms with Gasteiger partial charge in [0.25, 0.3) is 0 Å². The zero-order valence-electron chi connectivity index (χ0n) is 22.4. The summed E-state index contributed by atoms with van der Waals surface area (Å²) in [5.41, 5.74) is 1.30. The summed E-state index contributed by atoms with van der Waals surface area (Å²) in [5, 5.41) is 12.4.